The first kappa shape index (κ1) is 13.9. The van der Waals surface area contributed by atoms with Crippen molar-refractivity contribution in [3.63, 3.8) is 0 Å². The quantitative estimate of drug-likeness (QED) is 0.566. The number of ether oxygens (including phenoxy) is 1. The van der Waals surface area contributed by atoms with Crippen LogP contribution in [-0.4, -0.2) is 24.2 Å². The Labute approximate surface area is 91.6 Å². The summed E-state index contributed by atoms with van der Waals surface area (Å²) < 4.78 is 5.25. The molecule has 0 rings (SSSR count). The van der Waals surface area contributed by atoms with Gasteiger partial charge in [-0.2, -0.15) is 5.26 Å². The van der Waals surface area contributed by atoms with E-state index < -0.39 is 11.6 Å². The van der Waals surface area contributed by atoms with Gasteiger partial charge in [0.15, 0.2) is 0 Å². The predicted octanol–water partition coefficient (Wildman–Crippen LogP) is 1.47. The maximum atomic E-state index is 11.7. The van der Waals surface area contributed by atoms with Gasteiger partial charge in [0.1, 0.15) is 11.6 Å². The Morgan fingerprint density at radius 3 is 2.33 bits per heavy atom. The van der Waals surface area contributed by atoms with Crippen molar-refractivity contribution in [3.05, 3.63) is 0 Å². The van der Waals surface area contributed by atoms with E-state index in [1.54, 1.807) is 0 Å². The van der Waals surface area contributed by atoms with Crippen LogP contribution in [0.2, 0.25) is 0 Å². The number of carbonyl (C=O) groups is 1. The largest absolute Gasteiger partial charge is 0.459 e. The highest BCUT2D eigenvalue weighted by molar-refractivity contribution is 5.76. The fourth-order valence-corrected chi connectivity index (χ4v) is 1.11. The highest BCUT2D eigenvalue weighted by Crippen LogP contribution is 2.12. The Bertz CT molecular complexity index is 248. The number of hydrogen-bond acceptors (Lipinski definition) is 4. The molecule has 86 valence electrons. The van der Waals surface area contributed by atoms with Crippen LogP contribution in [0.25, 0.3) is 0 Å². The van der Waals surface area contributed by atoms with Crippen molar-refractivity contribution in [2.45, 2.75) is 46.3 Å². The molecule has 0 aliphatic rings. The van der Waals surface area contributed by atoms with Crippen LogP contribution < -0.4 is 5.32 Å². The number of esters is 1. The first-order valence-corrected chi connectivity index (χ1v) is 5.11. The molecule has 15 heavy (non-hydrogen) atoms. The number of hydrogen-bond donors (Lipinski definition) is 1. The van der Waals surface area contributed by atoms with Gasteiger partial charge in [0.05, 0.1) is 12.6 Å². The zero-order chi connectivity index (χ0) is 12.1. The summed E-state index contributed by atoms with van der Waals surface area (Å²) in [5, 5.41) is 11.3. The smallest absolute Gasteiger partial charge is 0.323 e. The Kier molecular flexibility index (Phi) is 5.31. The van der Waals surface area contributed by atoms with Crippen LogP contribution in [0.5, 0.6) is 0 Å². The third-order valence-corrected chi connectivity index (χ3v) is 1.73. The van der Waals surface area contributed by atoms with Gasteiger partial charge in [0.25, 0.3) is 0 Å². The van der Waals surface area contributed by atoms with E-state index in [9.17, 15) is 4.79 Å². The molecule has 1 atom stereocenters. The maximum absolute atomic E-state index is 11.7. The fraction of sp³-hybridized carbons (Fsp3) is 0.818. The van der Waals surface area contributed by atoms with E-state index in [4.69, 9.17) is 10.00 Å². The summed E-state index contributed by atoms with van der Waals surface area (Å²) in [5.41, 5.74) is -0.488. The minimum atomic E-state index is -0.488. The van der Waals surface area contributed by atoms with Gasteiger partial charge in [0.2, 0.25) is 0 Å². The van der Waals surface area contributed by atoms with Gasteiger partial charge >= 0.3 is 5.97 Å². The van der Waals surface area contributed by atoms with E-state index in [0.717, 1.165) is 0 Å². The summed E-state index contributed by atoms with van der Waals surface area (Å²) in [5.74, 6) is -0.194. The standard InChI is InChI=1S/C11H20N2O2/c1-8(2)9(13-7-6-12)10(14)15-11(3,4)5/h8-9,13H,7H2,1-5H3/t9-/m0/s1. The van der Waals surface area contributed by atoms with Gasteiger partial charge in [-0.05, 0) is 26.7 Å². The SMILES string of the molecule is CC(C)[C@H](NCC#N)C(=O)OC(C)(C)C. The van der Waals surface area contributed by atoms with Crippen LogP contribution in [0, 0.1) is 17.2 Å². The van der Waals surface area contributed by atoms with E-state index in [-0.39, 0.29) is 18.4 Å². The molecule has 0 radical (unpaired) electrons. The topological polar surface area (TPSA) is 62.1 Å². The molecule has 0 aromatic rings. The minimum Gasteiger partial charge on any atom is -0.459 e. The lowest BCUT2D eigenvalue weighted by Gasteiger charge is -2.25. The molecule has 4 heteroatoms. The molecule has 0 saturated carbocycles. The van der Waals surface area contributed by atoms with Gasteiger partial charge in [-0.3, -0.25) is 10.1 Å². The second-order valence-electron chi connectivity index (χ2n) is 4.79. The minimum absolute atomic E-state index is 0.105. The number of nitriles is 1. The predicted molar refractivity (Wildman–Crippen MR) is 58.1 cm³/mol. The summed E-state index contributed by atoms with van der Waals surface area (Å²) in [6.45, 7) is 9.46. The van der Waals surface area contributed by atoms with Crippen LogP contribution in [0.4, 0.5) is 0 Å². The maximum Gasteiger partial charge on any atom is 0.323 e. The van der Waals surface area contributed by atoms with E-state index in [1.807, 2.05) is 40.7 Å². The van der Waals surface area contributed by atoms with Crippen molar-refractivity contribution in [1.82, 2.24) is 5.32 Å². The molecule has 1 N–H and O–H groups in total. The monoisotopic (exact) mass is 212 g/mol. The molecule has 0 fully saturated rings. The molecule has 0 aromatic carbocycles. The molecular formula is C11H20N2O2. The molecular weight excluding hydrogens is 192 g/mol. The Hall–Kier alpha value is -1.08. The fourth-order valence-electron chi connectivity index (χ4n) is 1.11. The van der Waals surface area contributed by atoms with Crippen molar-refractivity contribution < 1.29 is 9.53 Å². The molecule has 0 saturated heterocycles. The zero-order valence-electron chi connectivity index (χ0n) is 10.1. The van der Waals surface area contributed by atoms with Crippen LogP contribution in [-0.2, 0) is 9.53 Å². The van der Waals surface area contributed by atoms with Crippen molar-refractivity contribution >= 4 is 5.97 Å². The summed E-state index contributed by atoms with van der Waals surface area (Å²) in [6.07, 6.45) is 0. The summed E-state index contributed by atoms with van der Waals surface area (Å²) in [6, 6.07) is 1.54. The van der Waals surface area contributed by atoms with Crippen molar-refractivity contribution in [2.75, 3.05) is 6.54 Å². The summed E-state index contributed by atoms with van der Waals surface area (Å²) in [7, 11) is 0. The average Bonchev–Trinajstić information content (AvgIpc) is 2.00. The summed E-state index contributed by atoms with van der Waals surface area (Å²) in [4.78, 5) is 11.7. The van der Waals surface area contributed by atoms with Crippen LogP contribution in [0.1, 0.15) is 34.6 Å². The molecule has 0 aromatic heterocycles. The van der Waals surface area contributed by atoms with Crippen molar-refractivity contribution in [1.29, 1.82) is 5.26 Å². The van der Waals surface area contributed by atoms with Crippen LogP contribution >= 0.6 is 0 Å². The van der Waals surface area contributed by atoms with Gasteiger partial charge in [-0.15, -0.1) is 0 Å². The van der Waals surface area contributed by atoms with Crippen molar-refractivity contribution in [3.8, 4) is 6.07 Å². The zero-order valence-corrected chi connectivity index (χ0v) is 10.1. The van der Waals surface area contributed by atoms with E-state index in [2.05, 4.69) is 5.32 Å². The van der Waals surface area contributed by atoms with Gasteiger partial charge in [0, 0.05) is 0 Å². The first-order valence-electron chi connectivity index (χ1n) is 5.11. The molecule has 0 bridgehead atoms. The Morgan fingerprint density at radius 1 is 1.47 bits per heavy atom. The average molecular weight is 212 g/mol. The Morgan fingerprint density at radius 2 is 2.00 bits per heavy atom. The van der Waals surface area contributed by atoms with E-state index in [1.165, 1.54) is 0 Å². The molecule has 0 spiro atoms. The molecule has 0 unspecified atom stereocenters. The first-order chi connectivity index (χ1) is 6.78. The number of nitrogens with one attached hydrogen (secondary N) is 1. The Balaban J connectivity index is 4.37. The van der Waals surface area contributed by atoms with Gasteiger partial charge in [-0.25, -0.2) is 0 Å². The van der Waals surface area contributed by atoms with Gasteiger partial charge in [-0.1, -0.05) is 13.8 Å². The van der Waals surface area contributed by atoms with Crippen LogP contribution in [0.15, 0.2) is 0 Å². The third kappa shape index (κ3) is 6.08. The summed E-state index contributed by atoms with van der Waals surface area (Å²) >= 11 is 0. The second-order valence-corrected chi connectivity index (χ2v) is 4.79. The molecule has 0 heterocycles. The lowest BCUT2D eigenvalue weighted by molar-refractivity contribution is -0.158. The lowest BCUT2D eigenvalue weighted by Crippen LogP contribution is -2.44. The van der Waals surface area contributed by atoms with E-state index in [0.29, 0.717) is 0 Å². The molecule has 0 aliphatic heterocycles. The van der Waals surface area contributed by atoms with Gasteiger partial charge < -0.3 is 4.74 Å². The highest BCUT2D eigenvalue weighted by atomic mass is 16.6. The number of nitrogens with zero attached hydrogens (tertiary/aromatic N) is 1. The lowest BCUT2D eigenvalue weighted by atomic mass is 10.0. The molecule has 0 aliphatic carbocycles. The molecule has 0 amide bonds. The van der Waals surface area contributed by atoms with Crippen LogP contribution in [0.3, 0.4) is 0 Å². The highest BCUT2D eigenvalue weighted by Gasteiger charge is 2.26. The normalized spacial score (nSPS) is 13.4. The van der Waals surface area contributed by atoms with Crippen molar-refractivity contribution in [2.24, 2.45) is 5.92 Å². The third-order valence-electron chi connectivity index (χ3n) is 1.73. The second kappa shape index (κ2) is 5.72. The number of rotatable bonds is 4. The van der Waals surface area contributed by atoms with E-state index >= 15 is 0 Å². The molecule has 4 nitrogen and oxygen atoms in total. The number of carbonyl (C=O) groups excluding carboxylic acids is 1.